The Balaban J connectivity index is 1.40. The molecule has 0 saturated carbocycles. The zero-order valence-electron chi connectivity index (χ0n) is 22.4. The number of ether oxygens (including phenoxy) is 5. The second kappa shape index (κ2) is 14.9. The minimum atomic E-state index is -4.45. The molecular weight excluding hydrogens is 583 g/mol. The lowest BCUT2D eigenvalue weighted by molar-refractivity contribution is -0.185. The van der Waals surface area contributed by atoms with Crippen LogP contribution in [-0.4, -0.2) is 51.1 Å². The third-order valence-corrected chi connectivity index (χ3v) is 5.26. The van der Waals surface area contributed by atoms with Gasteiger partial charge >= 0.3 is 24.2 Å². The van der Waals surface area contributed by atoms with Crippen LogP contribution >= 0.6 is 0 Å². The highest BCUT2D eigenvalue weighted by molar-refractivity contribution is 5.91. The van der Waals surface area contributed by atoms with Gasteiger partial charge in [-0.1, -0.05) is 12.1 Å². The summed E-state index contributed by atoms with van der Waals surface area (Å²) in [5, 5.41) is 0. The molecule has 3 rings (SSSR count). The maximum atomic E-state index is 14.6. The van der Waals surface area contributed by atoms with E-state index in [0.29, 0.717) is 16.9 Å². The van der Waals surface area contributed by atoms with Crippen molar-refractivity contribution >= 4 is 29.4 Å². The van der Waals surface area contributed by atoms with Crippen LogP contribution in [0.2, 0.25) is 0 Å². The molecule has 3 aromatic carbocycles. The SMILES string of the molecule is Nc1cc(N)cc(C(=O)OCCOC(=O)C=Cc2ccc(OC(F)(F)c3ccc(OCCOCC(F)(F)F)cc3)cc2)c1. The molecule has 0 aliphatic carbocycles. The van der Waals surface area contributed by atoms with Crippen LogP contribution in [0.1, 0.15) is 21.5 Å². The molecular formula is C29H27F5N2O7. The maximum Gasteiger partial charge on any atom is 0.426 e. The monoisotopic (exact) mass is 610 g/mol. The van der Waals surface area contributed by atoms with Crippen molar-refractivity contribution in [2.24, 2.45) is 0 Å². The lowest BCUT2D eigenvalue weighted by Gasteiger charge is -2.18. The van der Waals surface area contributed by atoms with Crippen molar-refractivity contribution in [3.63, 3.8) is 0 Å². The van der Waals surface area contributed by atoms with E-state index in [1.807, 2.05) is 0 Å². The standard InChI is InChI=1S/C29H27F5N2O7/c30-28(31,32)18-39-11-12-40-24-8-4-21(5-9-24)29(33,34)43-25-6-1-19(2-7-25)3-10-26(37)41-13-14-42-27(38)20-15-22(35)17-23(36)16-20/h1-10,15-17H,11-14,18,35-36H2. The highest BCUT2D eigenvalue weighted by Crippen LogP contribution is 2.32. The van der Waals surface area contributed by atoms with Crippen molar-refractivity contribution in [3.8, 4) is 11.5 Å². The zero-order chi connectivity index (χ0) is 31.5. The number of halogens is 5. The summed E-state index contributed by atoms with van der Waals surface area (Å²) in [6, 6.07) is 14.3. The first-order chi connectivity index (χ1) is 20.3. The first-order valence-electron chi connectivity index (χ1n) is 12.5. The topological polar surface area (TPSA) is 132 Å². The van der Waals surface area contributed by atoms with Crippen molar-refractivity contribution in [2.45, 2.75) is 12.3 Å². The summed E-state index contributed by atoms with van der Waals surface area (Å²) >= 11 is 0. The number of esters is 2. The molecule has 43 heavy (non-hydrogen) atoms. The smallest absolute Gasteiger partial charge is 0.426 e. The number of anilines is 2. The molecule has 0 fully saturated rings. The van der Waals surface area contributed by atoms with Crippen LogP contribution < -0.4 is 20.9 Å². The summed E-state index contributed by atoms with van der Waals surface area (Å²) in [5.74, 6) is -1.40. The van der Waals surface area contributed by atoms with Crippen LogP contribution in [0.25, 0.3) is 6.08 Å². The molecule has 0 aromatic heterocycles. The van der Waals surface area contributed by atoms with E-state index < -0.39 is 36.4 Å². The van der Waals surface area contributed by atoms with E-state index in [1.54, 1.807) is 0 Å². The molecule has 0 heterocycles. The number of carbonyl (C=O) groups excluding carboxylic acids is 2. The van der Waals surface area contributed by atoms with Gasteiger partial charge in [-0.15, -0.1) is 0 Å². The number of carbonyl (C=O) groups is 2. The average molecular weight is 611 g/mol. The van der Waals surface area contributed by atoms with E-state index >= 15 is 0 Å². The van der Waals surface area contributed by atoms with Crippen molar-refractivity contribution in [3.05, 3.63) is 89.5 Å². The second-order valence-electron chi connectivity index (χ2n) is 8.75. The van der Waals surface area contributed by atoms with Gasteiger partial charge in [0.05, 0.1) is 17.7 Å². The van der Waals surface area contributed by atoms with Gasteiger partial charge in [0.1, 0.15) is 37.9 Å². The van der Waals surface area contributed by atoms with E-state index in [1.165, 1.54) is 60.7 Å². The van der Waals surface area contributed by atoms with Crippen molar-refractivity contribution in [1.29, 1.82) is 0 Å². The molecule has 4 N–H and O–H groups in total. The maximum absolute atomic E-state index is 14.6. The average Bonchev–Trinajstić information content (AvgIpc) is 2.93. The van der Waals surface area contributed by atoms with E-state index in [-0.39, 0.29) is 43.5 Å². The van der Waals surface area contributed by atoms with Crippen LogP contribution in [-0.2, 0) is 25.1 Å². The Morgan fingerprint density at radius 2 is 1.35 bits per heavy atom. The molecule has 230 valence electrons. The van der Waals surface area contributed by atoms with E-state index in [2.05, 4.69) is 4.74 Å². The number of nitrogen functional groups attached to an aromatic ring is 2. The highest BCUT2D eigenvalue weighted by atomic mass is 19.4. The molecule has 9 nitrogen and oxygen atoms in total. The zero-order valence-corrected chi connectivity index (χ0v) is 22.4. The lowest BCUT2D eigenvalue weighted by Crippen LogP contribution is -2.21. The lowest BCUT2D eigenvalue weighted by atomic mass is 10.2. The summed E-state index contributed by atoms with van der Waals surface area (Å²) in [4.78, 5) is 23.9. The summed E-state index contributed by atoms with van der Waals surface area (Å²) in [5.41, 5.74) is 12.0. The van der Waals surface area contributed by atoms with Crippen LogP contribution in [0, 0.1) is 0 Å². The summed E-state index contributed by atoms with van der Waals surface area (Å²) in [7, 11) is 0. The number of rotatable bonds is 14. The Kier molecular flexibility index (Phi) is 11.3. The van der Waals surface area contributed by atoms with Crippen LogP contribution in [0.15, 0.2) is 72.8 Å². The number of hydrogen-bond acceptors (Lipinski definition) is 9. The summed E-state index contributed by atoms with van der Waals surface area (Å²) in [6.45, 7) is -2.35. The fraction of sp³-hybridized carbons (Fsp3) is 0.241. The summed E-state index contributed by atoms with van der Waals surface area (Å²) < 4.78 is 89.7. The molecule has 0 bridgehead atoms. The quantitative estimate of drug-likeness (QED) is 0.0815. The Hall–Kier alpha value is -4.85. The first kappa shape index (κ1) is 32.7. The molecule has 14 heteroatoms. The number of benzene rings is 3. The van der Waals surface area contributed by atoms with Gasteiger partial charge in [-0.25, -0.2) is 9.59 Å². The van der Waals surface area contributed by atoms with E-state index in [0.717, 1.165) is 18.2 Å². The molecule has 0 unspecified atom stereocenters. The summed E-state index contributed by atoms with van der Waals surface area (Å²) in [6.07, 6.45) is -5.66. The molecule has 0 aliphatic rings. The predicted molar refractivity (Wildman–Crippen MR) is 145 cm³/mol. The van der Waals surface area contributed by atoms with Crippen molar-refractivity contribution < 1.29 is 55.2 Å². The molecule has 0 saturated heterocycles. The van der Waals surface area contributed by atoms with Crippen molar-refractivity contribution in [1.82, 2.24) is 0 Å². The molecule has 3 aromatic rings. The van der Waals surface area contributed by atoms with Crippen LogP contribution in [0.3, 0.4) is 0 Å². The van der Waals surface area contributed by atoms with Gasteiger partial charge in [0, 0.05) is 17.5 Å². The Morgan fingerprint density at radius 1 is 0.744 bits per heavy atom. The van der Waals surface area contributed by atoms with E-state index in [9.17, 15) is 31.5 Å². The Bertz CT molecular complexity index is 1380. The van der Waals surface area contributed by atoms with Gasteiger partial charge in [-0.3, -0.25) is 0 Å². The molecule has 0 radical (unpaired) electrons. The Morgan fingerprint density at radius 3 is 1.98 bits per heavy atom. The van der Waals surface area contributed by atoms with Gasteiger partial charge in [-0.2, -0.15) is 22.0 Å². The minimum Gasteiger partial charge on any atom is -0.491 e. The third kappa shape index (κ3) is 11.5. The molecule has 0 aliphatic heterocycles. The fourth-order valence-corrected chi connectivity index (χ4v) is 3.37. The number of nitrogens with two attached hydrogens (primary N) is 2. The van der Waals surface area contributed by atoms with Gasteiger partial charge in [0.25, 0.3) is 0 Å². The van der Waals surface area contributed by atoms with Crippen LogP contribution in [0.5, 0.6) is 11.5 Å². The highest BCUT2D eigenvalue weighted by Gasteiger charge is 2.34. The minimum absolute atomic E-state index is 0.157. The molecule has 0 spiro atoms. The first-order valence-corrected chi connectivity index (χ1v) is 12.5. The third-order valence-electron chi connectivity index (χ3n) is 5.26. The molecule has 0 amide bonds. The normalized spacial score (nSPS) is 11.7. The van der Waals surface area contributed by atoms with Gasteiger partial charge < -0.3 is 35.2 Å². The van der Waals surface area contributed by atoms with Gasteiger partial charge in [-0.05, 0) is 66.2 Å². The largest absolute Gasteiger partial charge is 0.491 e. The van der Waals surface area contributed by atoms with Crippen LogP contribution in [0.4, 0.5) is 33.3 Å². The fourth-order valence-electron chi connectivity index (χ4n) is 3.37. The van der Waals surface area contributed by atoms with Gasteiger partial charge in [0.2, 0.25) is 0 Å². The second-order valence-corrected chi connectivity index (χ2v) is 8.75. The van der Waals surface area contributed by atoms with Crippen molar-refractivity contribution in [2.75, 3.05) is 44.5 Å². The number of alkyl halides is 5. The predicted octanol–water partition coefficient (Wildman–Crippen LogP) is 5.35. The Labute approximate surface area is 242 Å². The number of hydrogen-bond donors (Lipinski definition) is 2. The van der Waals surface area contributed by atoms with E-state index in [4.69, 9.17) is 30.4 Å². The van der Waals surface area contributed by atoms with Gasteiger partial charge in [0.15, 0.2) is 0 Å². The molecule has 0 atom stereocenters.